The molecule has 0 aromatic rings. The number of Topliss-reactive ketones (excluding diaryl/α,β-unsaturated/α-hetero) is 1. The summed E-state index contributed by atoms with van der Waals surface area (Å²) in [6, 6.07) is 0. The van der Waals surface area contributed by atoms with Gasteiger partial charge in [-0.25, -0.2) is 0 Å². The molecule has 3 heteroatoms. The quantitative estimate of drug-likeness (QED) is 0.760. The third-order valence-electron chi connectivity index (χ3n) is 3.33. The standard InChI is InChI=1S/C18H37NO2/c1-15(2,3)14(20)11-12-18(9,10)21-13-17(7,8)19-16(4,5)6/h19H,11-13H2,1-10H3. The van der Waals surface area contributed by atoms with Crippen molar-refractivity contribution in [2.24, 2.45) is 5.41 Å². The van der Waals surface area contributed by atoms with Crippen LogP contribution in [-0.4, -0.2) is 29.1 Å². The molecule has 126 valence electrons. The molecule has 0 unspecified atom stereocenters. The summed E-state index contributed by atoms with van der Waals surface area (Å²) in [6.45, 7) is 21.4. The van der Waals surface area contributed by atoms with E-state index >= 15 is 0 Å². The number of carbonyl (C=O) groups excluding carboxylic acids is 1. The first-order valence-electron chi connectivity index (χ1n) is 8.01. The Labute approximate surface area is 132 Å². The molecule has 0 bridgehead atoms. The van der Waals surface area contributed by atoms with Gasteiger partial charge < -0.3 is 10.1 Å². The van der Waals surface area contributed by atoms with Gasteiger partial charge in [0.25, 0.3) is 0 Å². The molecule has 0 fully saturated rings. The minimum absolute atomic E-state index is 0.0548. The molecule has 0 amide bonds. The van der Waals surface area contributed by atoms with E-state index in [1.165, 1.54) is 0 Å². The maximum atomic E-state index is 12.0. The number of hydrogen-bond acceptors (Lipinski definition) is 3. The molecule has 0 aliphatic carbocycles. The fraction of sp³-hybridized carbons (Fsp3) is 0.944. The van der Waals surface area contributed by atoms with Crippen LogP contribution in [-0.2, 0) is 9.53 Å². The molecule has 21 heavy (non-hydrogen) atoms. The van der Waals surface area contributed by atoms with E-state index in [1.807, 2.05) is 20.8 Å². The van der Waals surface area contributed by atoms with Crippen LogP contribution in [0, 0.1) is 5.41 Å². The average Bonchev–Trinajstić information content (AvgIpc) is 2.19. The lowest BCUT2D eigenvalue weighted by Gasteiger charge is -2.37. The van der Waals surface area contributed by atoms with Crippen LogP contribution in [0.15, 0.2) is 0 Å². The maximum absolute atomic E-state index is 12.0. The number of nitrogens with one attached hydrogen (secondary N) is 1. The van der Waals surface area contributed by atoms with Gasteiger partial charge in [0.2, 0.25) is 0 Å². The van der Waals surface area contributed by atoms with Gasteiger partial charge in [-0.3, -0.25) is 4.79 Å². The van der Waals surface area contributed by atoms with Crippen molar-refractivity contribution in [2.75, 3.05) is 6.61 Å². The lowest BCUT2D eigenvalue weighted by atomic mass is 9.86. The maximum Gasteiger partial charge on any atom is 0.138 e. The Kier molecular flexibility index (Phi) is 6.65. The Hall–Kier alpha value is -0.410. The summed E-state index contributed by atoms with van der Waals surface area (Å²) in [6.07, 6.45) is 1.33. The molecule has 0 aromatic carbocycles. The first-order valence-corrected chi connectivity index (χ1v) is 8.01. The largest absolute Gasteiger partial charge is 0.374 e. The highest BCUT2D eigenvalue weighted by Crippen LogP contribution is 2.24. The molecule has 3 nitrogen and oxygen atoms in total. The third-order valence-corrected chi connectivity index (χ3v) is 3.33. The minimum atomic E-state index is -0.280. The van der Waals surface area contributed by atoms with Crippen molar-refractivity contribution in [3.8, 4) is 0 Å². The van der Waals surface area contributed by atoms with Gasteiger partial charge in [0.1, 0.15) is 5.78 Å². The second-order valence-corrected chi connectivity index (χ2v) is 9.48. The van der Waals surface area contributed by atoms with Gasteiger partial charge in [-0.15, -0.1) is 0 Å². The molecule has 0 rings (SSSR count). The van der Waals surface area contributed by atoms with E-state index in [-0.39, 0.29) is 22.1 Å². The summed E-state index contributed by atoms with van der Waals surface area (Å²) in [4.78, 5) is 12.0. The normalized spacial score (nSPS) is 14.4. The Balaban J connectivity index is 4.39. The van der Waals surface area contributed by atoms with E-state index in [4.69, 9.17) is 4.74 Å². The highest BCUT2D eigenvalue weighted by Gasteiger charge is 2.29. The predicted octanol–water partition coefficient (Wildman–Crippen LogP) is 4.34. The van der Waals surface area contributed by atoms with E-state index < -0.39 is 0 Å². The molecule has 0 saturated heterocycles. The molecule has 0 aliphatic heterocycles. The Morgan fingerprint density at radius 2 is 1.38 bits per heavy atom. The number of carbonyl (C=O) groups is 1. The van der Waals surface area contributed by atoms with Gasteiger partial charge in [0.15, 0.2) is 0 Å². The van der Waals surface area contributed by atoms with E-state index in [0.717, 1.165) is 6.42 Å². The first kappa shape index (κ1) is 20.6. The van der Waals surface area contributed by atoms with Crippen molar-refractivity contribution in [3.05, 3.63) is 0 Å². The molecule has 0 aromatic heterocycles. The topological polar surface area (TPSA) is 38.3 Å². The van der Waals surface area contributed by atoms with Crippen molar-refractivity contribution < 1.29 is 9.53 Å². The SMILES string of the molecule is CC(C)(C)NC(C)(C)COC(C)(C)CCC(=O)C(C)(C)C. The van der Waals surface area contributed by atoms with Crippen LogP contribution < -0.4 is 5.32 Å². The Morgan fingerprint density at radius 3 is 1.76 bits per heavy atom. The predicted molar refractivity (Wildman–Crippen MR) is 90.7 cm³/mol. The molecule has 0 radical (unpaired) electrons. The molecule has 0 spiro atoms. The molecule has 0 atom stereocenters. The van der Waals surface area contributed by atoms with Gasteiger partial charge >= 0.3 is 0 Å². The zero-order chi connectivity index (χ0) is 17.1. The highest BCUT2D eigenvalue weighted by molar-refractivity contribution is 5.83. The molecule has 0 saturated carbocycles. The lowest BCUT2D eigenvalue weighted by Crippen LogP contribution is -2.54. The molecule has 0 heterocycles. The van der Waals surface area contributed by atoms with Crippen LogP contribution in [0.1, 0.15) is 82.1 Å². The number of ether oxygens (including phenoxy) is 1. The van der Waals surface area contributed by atoms with E-state index in [0.29, 0.717) is 18.8 Å². The van der Waals surface area contributed by atoms with Crippen molar-refractivity contribution in [1.82, 2.24) is 5.32 Å². The second-order valence-electron chi connectivity index (χ2n) is 9.48. The van der Waals surface area contributed by atoms with E-state index in [1.54, 1.807) is 0 Å². The number of hydrogen-bond donors (Lipinski definition) is 1. The summed E-state index contributed by atoms with van der Waals surface area (Å²) in [5, 5.41) is 3.57. The number of ketones is 1. The molecule has 1 N–H and O–H groups in total. The first-order chi connectivity index (χ1) is 9.04. The van der Waals surface area contributed by atoms with Crippen LogP contribution in [0.2, 0.25) is 0 Å². The fourth-order valence-electron chi connectivity index (χ4n) is 2.29. The average molecular weight is 299 g/mol. The van der Waals surface area contributed by atoms with Crippen molar-refractivity contribution in [2.45, 2.75) is 98.8 Å². The fourth-order valence-corrected chi connectivity index (χ4v) is 2.29. The highest BCUT2D eigenvalue weighted by atomic mass is 16.5. The Bertz CT molecular complexity index is 343. The van der Waals surface area contributed by atoms with Crippen LogP contribution in [0.5, 0.6) is 0 Å². The Morgan fingerprint density at radius 1 is 0.905 bits per heavy atom. The smallest absolute Gasteiger partial charge is 0.138 e. The molecular weight excluding hydrogens is 262 g/mol. The lowest BCUT2D eigenvalue weighted by molar-refractivity contribution is -0.128. The van der Waals surface area contributed by atoms with Gasteiger partial charge in [0, 0.05) is 22.9 Å². The van der Waals surface area contributed by atoms with Crippen LogP contribution in [0.3, 0.4) is 0 Å². The van der Waals surface area contributed by atoms with Gasteiger partial charge in [-0.2, -0.15) is 0 Å². The third kappa shape index (κ3) is 10.0. The van der Waals surface area contributed by atoms with E-state index in [9.17, 15) is 4.79 Å². The zero-order valence-corrected chi connectivity index (χ0v) is 15.9. The summed E-state index contributed by atoms with van der Waals surface area (Å²) in [7, 11) is 0. The van der Waals surface area contributed by atoms with Crippen molar-refractivity contribution >= 4 is 5.78 Å². The van der Waals surface area contributed by atoms with Crippen molar-refractivity contribution in [3.63, 3.8) is 0 Å². The minimum Gasteiger partial charge on any atom is -0.374 e. The van der Waals surface area contributed by atoms with Crippen LogP contribution in [0.25, 0.3) is 0 Å². The molecular formula is C18H37NO2. The van der Waals surface area contributed by atoms with E-state index in [2.05, 4.69) is 53.8 Å². The van der Waals surface area contributed by atoms with Gasteiger partial charge in [0.05, 0.1) is 12.2 Å². The van der Waals surface area contributed by atoms with Gasteiger partial charge in [-0.1, -0.05) is 20.8 Å². The summed E-state index contributed by atoms with van der Waals surface area (Å²) in [5.41, 5.74) is -0.580. The van der Waals surface area contributed by atoms with Crippen LogP contribution >= 0.6 is 0 Å². The summed E-state index contributed by atoms with van der Waals surface area (Å²) >= 11 is 0. The summed E-state index contributed by atoms with van der Waals surface area (Å²) in [5.74, 6) is 0.297. The van der Waals surface area contributed by atoms with Crippen LogP contribution in [0.4, 0.5) is 0 Å². The van der Waals surface area contributed by atoms with Gasteiger partial charge in [-0.05, 0) is 54.9 Å². The number of rotatable bonds is 7. The zero-order valence-electron chi connectivity index (χ0n) is 15.9. The summed E-state index contributed by atoms with van der Waals surface area (Å²) < 4.78 is 6.09. The van der Waals surface area contributed by atoms with Crippen molar-refractivity contribution in [1.29, 1.82) is 0 Å². The molecule has 0 aliphatic rings. The monoisotopic (exact) mass is 299 g/mol. The second kappa shape index (κ2) is 6.78.